The minimum atomic E-state index is 0.294. The lowest BCUT2D eigenvalue weighted by Crippen LogP contribution is -2.21. The fraction of sp³-hybridized carbons (Fsp3) is 0.538. The molecular formula is C13H21NOS. The smallest absolute Gasteiger partial charge is 0.0661 e. The van der Waals surface area contributed by atoms with Crippen LogP contribution in [0, 0.1) is 0 Å². The summed E-state index contributed by atoms with van der Waals surface area (Å²) in [6, 6.07) is 8.95. The molecule has 1 N–H and O–H groups in total. The molecule has 0 amide bonds. The molecule has 0 heterocycles. The summed E-state index contributed by atoms with van der Waals surface area (Å²) in [7, 11) is 1.97. The number of rotatable bonds is 7. The van der Waals surface area contributed by atoms with Crippen LogP contribution in [0.3, 0.4) is 0 Å². The molecule has 0 bridgehead atoms. The zero-order chi connectivity index (χ0) is 11.8. The maximum atomic E-state index is 5.58. The zero-order valence-electron chi connectivity index (χ0n) is 10.3. The molecular weight excluding hydrogens is 218 g/mol. The standard InChI is InChI=1S/C13H21NOS/c1-4-9-15-10-13(14-2)11-5-7-12(16-3)8-6-11/h5-8,13-14H,4,9-10H2,1-3H3. The lowest BCUT2D eigenvalue weighted by molar-refractivity contribution is 0.114. The number of hydrogen-bond acceptors (Lipinski definition) is 3. The first kappa shape index (κ1) is 13.6. The van der Waals surface area contributed by atoms with E-state index >= 15 is 0 Å². The van der Waals surface area contributed by atoms with E-state index in [1.165, 1.54) is 10.5 Å². The van der Waals surface area contributed by atoms with E-state index in [0.717, 1.165) is 19.6 Å². The lowest BCUT2D eigenvalue weighted by atomic mass is 10.1. The summed E-state index contributed by atoms with van der Waals surface area (Å²) in [6.45, 7) is 3.70. The summed E-state index contributed by atoms with van der Waals surface area (Å²) in [5.41, 5.74) is 1.29. The maximum Gasteiger partial charge on any atom is 0.0661 e. The zero-order valence-corrected chi connectivity index (χ0v) is 11.1. The first-order chi connectivity index (χ1) is 7.81. The first-order valence-electron chi connectivity index (χ1n) is 5.70. The van der Waals surface area contributed by atoms with Crippen molar-refractivity contribution in [3.8, 4) is 0 Å². The minimum absolute atomic E-state index is 0.294. The molecule has 1 rings (SSSR count). The number of ether oxygens (including phenoxy) is 1. The van der Waals surface area contributed by atoms with Gasteiger partial charge in [-0.3, -0.25) is 0 Å². The van der Waals surface area contributed by atoms with Gasteiger partial charge in [-0.2, -0.15) is 0 Å². The monoisotopic (exact) mass is 239 g/mol. The van der Waals surface area contributed by atoms with Gasteiger partial charge in [-0.05, 0) is 37.4 Å². The Morgan fingerprint density at radius 3 is 2.50 bits per heavy atom. The van der Waals surface area contributed by atoms with Crippen molar-refractivity contribution in [2.24, 2.45) is 0 Å². The van der Waals surface area contributed by atoms with E-state index in [2.05, 4.69) is 42.8 Å². The van der Waals surface area contributed by atoms with Crippen molar-refractivity contribution in [2.75, 3.05) is 26.5 Å². The minimum Gasteiger partial charge on any atom is -0.379 e. The molecule has 0 saturated carbocycles. The van der Waals surface area contributed by atoms with Crippen molar-refractivity contribution in [3.63, 3.8) is 0 Å². The third-order valence-electron chi connectivity index (χ3n) is 2.50. The summed E-state index contributed by atoms with van der Waals surface area (Å²) in [5.74, 6) is 0. The quantitative estimate of drug-likeness (QED) is 0.583. The highest BCUT2D eigenvalue weighted by Gasteiger charge is 2.08. The second-order valence-electron chi connectivity index (χ2n) is 3.69. The predicted molar refractivity (Wildman–Crippen MR) is 71.1 cm³/mol. The number of hydrogen-bond donors (Lipinski definition) is 1. The summed E-state index contributed by atoms with van der Waals surface area (Å²) in [6.07, 6.45) is 3.16. The number of nitrogens with one attached hydrogen (secondary N) is 1. The van der Waals surface area contributed by atoms with Crippen molar-refractivity contribution in [1.82, 2.24) is 5.32 Å². The van der Waals surface area contributed by atoms with E-state index < -0.39 is 0 Å². The van der Waals surface area contributed by atoms with Gasteiger partial charge in [-0.25, -0.2) is 0 Å². The Bertz CT molecular complexity index is 286. The van der Waals surface area contributed by atoms with Crippen LogP contribution in [-0.4, -0.2) is 26.5 Å². The molecule has 0 aliphatic heterocycles. The van der Waals surface area contributed by atoms with Gasteiger partial charge in [0.05, 0.1) is 12.6 Å². The fourth-order valence-electron chi connectivity index (χ4n) is 1.53. The maximum absolute atomic E-state index is 5.58. The summed E-state index contributed by atoms with van der Waals surface area (Å²) in [4.78, 5) is 1.30. The van der Waals surface area contributed by atoms with Gasteiger partial charge in [-0.15, -0.1) is 11.8 Å². The molecule has 90 valence electrons. The number of thioether (sulfide) groups is 1. The van der Waals surface area contributed by atoms with Crippen molar-refractivity contribution in [2.45, 2.75) is 24.3 Å². The summed E-state index contributed by atoms with van der Waals surface area (Å²) >= 11 is 1.77. The van der Waals surface area contributed by atoms with Gasteiger partial charge in [-0.1, -0.05) is 19.1 Å². The second-order valence-corrected chi connectivity index (χ2v) is 4.57. The van der Waals surface area contributed by atoms with Crippen LogP contribution >= 0.6 is 11.8 Å². The van der Waals surface area contributed by atoms with Gasteiger partial charge in [0.1, 0.15) is 0 Å². The van der Waals surface area contributed by atoms with Crippen molar-refractivity contribution in [1.29, 1.82) is 0 Å². The molecule has 1 aromatic carbocycles. The average Bonchev–Trinajstić information content (AvgIpc) is 2.35. The molecule has 0 radical (unpaired) electrons. The van der Waals surface area contributed by atoms with Crippen molar-refractivity contribution in [3.05, 3.63) is 29.8 Å². The SMILES string of the molecule is CCCOCC(NC)c1ccc(SC)cc1. The van der Waals surface area contributed by atoms with Crippen molar-refractivity contribution < 1.29 is 4.74 Å². The summed E-state index contributed by atoms with van der Waals surface area (Å²) < 4.78 is 5.58. The molecule has 2 nitrogen and oxygen atoms in total. The van der Waals surface area contributed by atoms with E-state index in [9.17, 15) is 0 Å². The van der Waals surface area contributed by atoms with Crippen LogP contribution in [0.1, 0.15) is 24.9 Å². The Kier molecular flexibility index (Phi) is 6.53. The Morgan fingerprint density at radius 2 is 2.00 bits per heavy atom. The highest BCUT2D eigenvalue weighted by atomic mass is 32.2. The molecule has 0 aliphatic carbocycles. The Balaban J connectivity index is 2.56. The Morgan fingerprint density at radius 1 is 1.31 bits per heavy atom. The fourth-order valence-corrected chi connectivity index (χ4v) is 1.94. The molecule has 0 fully saturated rings. The number of benzene rings is 1. The molecule has 1 unspecified atom stereocenters. The van der Waals surface area contributed by atoms with Crippen LogP contribution in [0.15, 0.2) is 29.2 Å². The normalized spacial score (nSPS) is 12.7. The second kappa shape index (κ2) is 7.71. The van der Waals surface area contributed by atoms with E-state index in [4.69, 9.17) is 4.74 Å². The van der Waals surface area contributed by atoms with Crippen molar-refractivity contribution >= 4 is 11.8 Å². The van der Waals surface area contributed by atoms with Gasteiger partial charge < -0.3 is 10.1 Å². The summed E-state index contributed by atoms with van der Waals surface area (Å²) in [5, 5.41) is 3.28. The highest BCUT2D eigenvalue weighted by molar-refractivity contribution is 7.98. The Hall–Kier alpha value is -0.510. The Labute approximate surface area is 103 Å². The highest BCUT2D eigenvalue weighted by Crippen LogP contribution is 2.19. The molecule has 16 heavy (non-hydrogen) atoms. The predicted octanol–water partition coefficient (Wildman–Crippen LogP) is 3.10. The third-order valence-corrected chi connectivity index (χ3v) is 3.24. The third kappa shape index (κ3) is 4.16. The molecule has 1 aromatic rings. The van der Waals surface area contributed by atoms with Crippen LogP contribution in [0.25, 0.3) is 0 Å². The molecule has 0 aromatic heterocycles. The van der Waals surface area contributed by atoms with E-state index in [1.807, 2.05) is 7.05 Å². The van der Waals surface area contributed by atoms with Crippen LogP contribution in [0.5, 0.6) is 0 Å². The number of likely N-dealkylation sites (N-methyl/N-ethyl adjacent to an activating group) is 1. The van der Waals surface area contributed by atoms with Gasteiger partial charge in [0, 0.05) is 11.5 Å². The average molecular weight is 239 g/mol. The molecule has 1 atom stereocenters. The molecule has 0 spiro atoms. The van der Waals surface area contributed by atoms with Gasteiger partial charge in [0.15, 0.2) is 0 Å². The first-order valence-corrected chi connectivity index (χ1v) is 6.93. The van der Waals surface area contributed by atoms with Crippen LogP contribution < -0.4 is 5.32 Å². The van der Waals surface area contributed by atoms with E-state index in [1.54, 1.807) is 11.8 Å². The van der Waals surface area contributed by atoms with Gasteiger partial charge in [0.2, 0.25) is 0 Å². The largest absolute Gasteiger partial charge is 0.379 e. The lowest BCUT2D eigenvalue weighted by Gasteiger charge is -2.16. The van der Waals surface area contributed by atoms with E-state index in [-0.39, 0.29) is 0 Å². The molecule has 0 saturated heterocycles. The van der Waals surface area contributed by atoms with Gasteiger partial charge >= 0.3 is 0 Å². The molecule has 0 aliphatic rings. The topological polar surface area (TPSA) is 21.3 Å². The van der Waals surface area contributed by atoms with Gasteiger partial charge in [0.25, 0.3) is 0 Å². The molecule has 3 heteroatoms. The van der Waals surface area contributed by atoms with Crippen LogP contribution in [-0.2, 0) is 4.74 Å². The van der Waals surface area contributed by atoms with Crippen LogP contribution in [0.4, 0.5) is 0 Å². The van der Waals surface area contributed by atoms with E-state index in [0.29, 0.717) is 6.04 Å². The van der Waals surface area contributed by atoms with Crippen LogP contribution in [0.2, 0.25) is 0 Å².